The Balaban J connectivity index is 1.46. The maximum atomic E-state index is 9.88. The van der Waals surface area contributed by atoms with Gasteiger partial charge in [-0.2, -0.15) is 5.26 Å². The quantitative estimate of drug-likeness (QED) is 0.213. The zero-order valence-corrected chi connectivity index (χ0v) is 26.9. The maximum Gasteiger partial charge on any atom is 0.109 e. The number of rotatable bonds is 8. The number of piperidine rings is 1. The number of halogens is 1. The molecule has 1 saturated heterocycles. The van der Waals surface area contributed by atoms with Crippen molar-refractivity contribution in [2.24, 2.45) is 5.41 Å². The number of hydrogen-bond acceptors (Lipinski definition) is 7. The van der Waals surface area contributed by atoms with Crippen molar-refractivity contribution in [3.8, 4) is 6.07 Å². The number of benzene rings is 2. The van der Waals surface area contributed by atoms with Crippen molar-refractivity contribution in [1.82, 2.24) is 24.9 Å². The van der Waals surface area contributed by atoms with Crippen LogP contribution in [0, 0.1) is 16.7 Å². The van der Waals surface area contributed by atoms with Crippen molar-refractivity contribution in [2.75, 3.05) is 30.3 Å². The zero-order chi connectivity index (χ0) is 30.8. The van der Waals surface area contributed by atoms with Gasteiger partial charge in [-0.05, 0) is 63.1 Å². The number of likely N-dealkylation sites (tertiary alicyclic amines) is 1. The van der Waals surface area contributed by atoms with E-state index in [1.54, 1.807) is 6.20 Å². The highest BCUT2D eigenvalue weighted by Gasteiger charge is 2.29. The van der Waals surface area contributed by atoms with Crippen molar-refractivity contribution in [2.45, 2.75) is 78.4 Å². The first-order valence-corrected chi connectivity index (χ1v) is 15.6. The fourth-order valence-electron chi connectivity index (χ4n) is 5.72. The highest BCUT2D eigenvalue weighted by Crippen LogP contribution is 2.36. The third-order valence-corrected chi connectivity index (χ3v) is 8.57. The summed E-state index contributed by atoms with van der Waals surface area (Å²) >= 11 is 6.81. The number of hydrogen-bond donors (Lipinski definition) is 2. The van der Waals surface area contributed by atoms with Crippen LogP contribution in [0.3, 0.4) is 0 Å². The van der Waals surface area contributed by atoms with Gasteiger partial charge in [0, 0.05) is 42.4 Å². The van der Waals surface area contributed by atoms with Crippen molar-refractivity contribution in [3.05, 3.63) is 76.7 Å². The van der Waals surface area contributed by atoms with Crippen LogP contribution in [-0.2, 0) is 0 Å². The van der Waals surface area contributed by atoms with Crippen LogP contribution in [0.2, 0.25) is 5.02 Å². The zero-order valence-electron chi connectivity index (χ0n) is 26.2. The lowest BCUT2D eigenvalue weighted by atomic mass is 9.92. The van der Waals surface area contributed by atoms with Crippen LogP contribution in [0.4, 0.5) is 11.4 Å². The summed E-state index contributed by atoms with van der Waals surface area (Å²) in [5.74, 6) is 0. The second-order valence-corrected chi connectivity index (χ2v) is 14.2. The number of pyridine rings is 1. The Hall–Kier alpha value is -3.67. The summed E-state index contributed by atoms with van der Waals surface area (Å²) in [7, 11) is 0. The molecule has 0 radical (unpaired) electrons. The van der Waals surface area contributed by atoms with Gasteiger partial charge >= 0.3 is 0 Å². The molecule has 0 saturated carbocycles. The van der Waals surface area contributed by atoms with Gasteiger partial charge in [-0.25, -0.2) is 4.68 Å². The molecule has 0 bridgehead atoms. The van der Waals surface area contributed by atoms with E-state index in [0.717, 1.165) is 66.9 Å². The lowest BCUT2D eigenvalue weighted by Gasteiger charge is -2.40. The second kappa shape index (κ2) is 12.5. The highest BCUT2D eigenvalue weighted by atomic mass is 35.5. The third-order valence-electron chi connectivity index (χ3n) is 8.28. The second-order valence-electron chi connectivity index (χ2n) is 13.8. The molecule has 0 aliphatic carbocycles. The number of anilines is 2. The fourth-order valence-corrected chi connectivity index (χ4v) is 5.99. The molecule has 0 unspecified atom stereocenters. The molecule has 43 heavy (non-hydrogen) atoms. The van der Waals surface area contributed by atoms with Crippen LogP contribution in [0.1, 0.15) is 89.7 Å². The van der Waals surface area contributed by atoms with Gasteiger partial charge in [0.1, 0.15) is 11.8 Å². The van der Waals surface area contributed by atoms with Gasteiger partial charge in [0.25, 0.3) is 0 Å². The molecule has 5 rings (SSSR count). The van der Waals surface area contributed by atoms with E-state index in [2.05, 4.69) is 96.8 Å². The van der Waals surface area contributed by atoms with Crippen LogP contribution in [-0.4, -0.2) is 50.1 Å². The normalized spacial score (nSPS) is 15.8. The molecule has 0 spiro atoms. The summed E-state index contributed by atoms with van der Waals surface area (Å²) in [6, 6.07) is 16.6. The number of aromatic nitrogens is 4. The SMILES string of the molecule is CC(C)(C)CCNc1c(C#N)cnc2c(Cl)cc(N[C@@H](c3ccccc3)c3cn(C4CCN(C(C)(C)C)CC4)nn3)cc12. The number of nitriles is 1. The minimum atomic E-state index is -0.248. The van der Waals surface area contributed by atoms with Crippen molar-refractivity contribution >= 4 is 33.9 Å². The molecule has 1 fully saturated rings. The monoisotopic (exact) mass is 598 g/mol. The van der Waals surface area contributed by atoms with Crippen LogP contribution < -0.4 is 10.6 Å². The summed E-state index contributed by atoms with van der Waals surface area (Å²) in [5.41, 5.74) is 4.97. The molecule has 2 aromatic carbocycles. The molecule has 2 N–H and O–H groups in total. The Morgan fingerprint density at radius 1 is 1.07 bits per heavy atom. The largest absolute Gasteiger partial charge is 0.383 e. The average molecular weight is 599 g/mol. The van der Waals surface area contributed by atoms with Gasteiger partial charge in [0.05, 0.1) is 40.1 Å². The van der Waals surface area contributed by atoms with Crippen molar-refractivity contribution < 1.29 is 0 Å². The Kier molecular flexibility index (Phi) is 8.96. The lowest BCUT2D eigenvalue weighted by molar-refractivity contribution is 0.0866. The standard InChI is InChI=1S/C34H43ClN8/c1-33(2,3)14-15-37-30-24(20-36)21-38-32-27(30)18-25(19-28(32)35)39-31(23-10-8-7-9-11-23)29-22-43(41-40-29)26-12-16-42(17-13-26)34(4,5)6/h7-11,18-19,21-22,26,31,39H,12-17H2,1-6H3,(H,37,38)/t31-/m0/s1. The van der Waals surface area contributed by atoms with Gasteiger partial charge < -0.3 is 10.6 Å². The molecule has 1 aliphatic heterocycles. The van der Waals surface area contributed by atoms with Crippen LogP contribution in [0.5, 0.6) is 0 Å². The summed E-state index contributed by atoms with van der Waals surface area (Å²) in [5, 5.41) is 27.7. The molecule has 1 atom stereocenters. The number of nitrogens with one attached hydrogen (secondary N) is 2. The molecule has 2 aromatic heterocycles. The molecule has 0 amide bonds. The molecule has 3 heterocycles. The minimum absolute atomic E-state index is 0.164. The smallest absolute Gasteiger partial charge is 0.109 e. The van der Waals surface area contributed by atoms with Gasteiger partial charge in [0.2, 0.25) is 0 Å². The first-order chi connectivity index (χ1) is 20.4. The fraction of sp³-hybridized carbons (Fsp3) is 0.471. The molecule has 4 aromatic rings. The van der Waals surface area contributed by atoms with E-state index in [9.17, 15) is 5.26 Å². The van der Waals surface area contributed by atoms with Crippen molar-refractivity contribution in [1.29, 1.82) is 5.26 Å². The van der Waals surface area contributed by atoms with E-state index in [1.807, 2.05) is 35.0 Å². The summed E-state index contributed by atoms with van der Waals surface area (Å²) in [6.45, 7) is 16.3. The predicted molar refractivity (Wildman–Crippen MR) is 176 cm³/mol. The summed E-state index contributed by atoms with van der Waals surface area (Å²) in [6.07, 6.45) is 6.72. The van der Waals surface area contributed by atoms with Crippen LogP contribution in [0.15, 0.2) is 54.9 Å². The minimum Gasteiger partial charge on any atom is -0.383 e. The molecule has 8 nitrogen and oxygen atoms in total. The first kappa shape index (κ1) is 30.8. The number of fused-ring (bicyclic) bond motifs is 1. The average Bonchev–Trinajstić information content (AvgIpc) is 3.45. The van der Waals surface area contributed by atoms with Crippen LogP contribution in [0.25, 0.3) is 10.9 Å². The third kappa shape index (κ3) is 7.29. The summed E-state index contributed by atoms with van der Waals surface area (Å²) in [4.78, 5) is 7.07. The Morgan fingerprint density at radius 2 is 1.79 bits per heavy atom. The molecule has 1 aliphatic rings. The Bertz CT molecular complexity index is 1590. The molecule has 9 heteroatoms. The van der Waals surface area contributed by atoms with E-state index >= 15 is 0 Å². The van der Waals surface area contributed by atoms with E-state index in [0.29, 0.717) is 22.1 Å². The van der Waals surface area contributed by atoms with Gasteiger partial charge in [-0.1, -0.05) is 67.9 Å². The first-order valence-electron chi connectivity index (χ1n) is 15.2. The van der Waals surface area contributed by atoms with E-state index < -0.39 is 0 Å². The molecule has 226 valence electrons. The topological polar surface area (TPSA) is 94.7 Å². The molecular weight excluding hydrogens is 556 g/mol. The highest BCUT2D eigenvalue weighted by molar-refractivity contribution is 6.35. The van der Waals surface area contributed by atoms with E-state index in [4.69, 9.17) is 11.6 Å². The number of nitrogens with zero attached hydrogens (tertiary/aromatic N) is 6. The van der Waals surface area contributed by atoms with Crippen molar-refractivity contribution in [3.63, 3.8) is 0 Å². The lowest BCUT2D eigenvalue weighted by Crippen LogP contribution is -2.46. The van der Waals surface area contributed by atoms with Gasteiger partial charge in [-0.3, -0.25) is 9.88 Å². The van der Waals surface area contributed by atoms with E-state index in [-0.39, 0.29) is 17.0 Å². The predicted octanol–water partition coefficient (Wildman–Crippen LogP) is 7.84. The van der Waals surface area contributed by atoms with Gasteiger partial charge in [0.15, 0.2) is 0 Å². The Labute approximate surface area is 260 Å². The van der Waals surface area contributed by atoms with Crippen LogP contribution >= 0.6 is 11.6 Å². The molecular formula is C34H43ClN8. The van der Waals surface area contributed by atoms with E-state index in [1.165, 1.54) is 0 Å². The van der Waals surface area contributed by atoms with Gasteiger partial charge in [-0.15, -0.1) is 5.10 Å². The summed E-state index contributed by atoms with van der Waals surface area (Å²) < 4.78 is 2.04. The maximum absolute atomic E-state index is 9.88. The Morgan fingerprint density at radius 3 is 2.44 bits per heavy atom.